The number of carbonyl (C=O) groups is 2. The minimum atomic E-state index is -0.400. The normalized spacial score (nSPS) is 10.4. The summed E-state index contributed by atoms with van der Waals surface area (Å²) in [6.07, 6.45) is 4.28. The summed E-state index contributed by atoms with van der Waals surface area (Å²) in [5.41, 5.74) is 1.87. The van der Waals surface area contributed by atoms with Gasteiger partial charge >= 0.3 is 6.03 Å². The number of amides is 3. The molecule has 0 unspecified atom stereocenters. The van der Waals surface area contributed by atoms with Gasteiger partial charge in [-0.3, -0.25) is 10.1 Å². The number of hydrogen-bond donors (Lipinski definition) is 2. The van der Waals surface area contributed by atoms with Crippen molar-refractivity contribution < 1.29 is 9.59 Å². The minimum absolute atomic E-state index is 0.215. The quantitative estimate of drug-likeness (QED) is 0.594. The molecule has 2 aromatic heterocycles. The highest BCUT2D eigenvalue weighted by molar-refractivity contribution is 7.13. The molecule has 150 valence electrons. The fraction of sp³-hybridized carbons (Fsp3) is 0.167. The van der Waals surface area contributed by atoms with Crippen molar-refractivity contribution in [3.05, 3.63) is 69.2 Å². The summed E-state index contributed by atoms with van der Waals surface area (Å²) in [7, 11) is 1.66. The molecule has 0 spiro atoms. The maximum atomic E-state index is 12.3. The molecule has 0 aliphatic carbocycles. The van der Waals surface area contributed by atoms with E-state index in [0.717, 1.165) is 5.56 Å². The third-order valence-corrected chi connectivity index (χ3v) is 5.31. The van der Waals surface area contributed by atoms with E-state index in [9.17, 15) is 9.59 Å². The number of anilines is 1. The van der Waals surface area contributed by atoms with Gasteiger partial charge in [0.05, 0.1) is 27.8 Å². The lowest BCUT2D eigenvalue weighted by atomic mass is 10.2. The molecule has 1 aromatic carbocycles. The molecule has 11 heteroatoms. The summed E-state index contributed by atoms with van der Waals surface area (Å²) < 4.78 is 0. The Kier molecular flexibility index (Phi) is 6.97. The van der Waals surface area contributed by atoms with Crippen LogP contribution in [0.15, 0.2) is 42.3 Å². The van der Waals surface area contributed by atoms with Crippen LogP contribution >= 0.6 is 34.5 Å². The lowest BCUT2D eigenvalue weighted by Crippen LogP contribution is -2.28. The predicted molar refractivity (Wildman–Crippen MR) is 112 cm³/mol. The van der Waals surface area contributed by atoms with E-state index in [1.807, 2.05) is 0 Å². The van der Waals surface area contributed by atoms with Crippen molar-refractivity contribution >= 4 is 51.6 Å². The molecule has 0 aliphatic heterocycles. The Morgan fingerprint density at radius 1 is 1.17 bits per heavy atom. The van der Waals surface area contributed by atoms with Gasteiger partial charge in [0.25, 0.3) is 5.91 Å². The zero-order chi connectivity index (χ0) is 20.8. The first kappa shape index (κ1) is 21.0. The fourth-order valence-electron chi connectivity index (χ4n) is 2.35. The third kappa shape index (κ3) is 5.86. The van der Waals surface area contributed by atoms with E-state index < -0.39 is 6.03 Å². The van der Waals surface area contributed by atoms with Crippen molar-refractivity contribution in [2.75, 3.05) is 12.4 Å². The van der Waals surface area contributed by atoms with Crippen LogP contribution < -0.4 is 10.6 Å². The van der Waals surface area contributed by atoms with Crippen LogP contribution in [0, 0.1) is 0 Å². The van der Waals surface area contributed by atoms with Crippen LogP contribution in [-0.4, -0.2) is 38.8 Å². The molecule has 8 nitrogen and oxygen atoms in total. The molecule has 0 saturated carbocycles. The Morgan fingerprint density at radius 2 is 1.93 bits per heavy atom. The second-order valence-electron chi connectivity index (χ2n) is 5.99. The van der Waals surface area contributed by atoms with E-state index in [2.05, 4.69) is 25.6 Å². The molecule has 2 N–H and O–H groups in total. The number of hydrogen-bond acceptors (Lipinski definition) is 6. The van der Waals surface area contributed by atoms with Gasteiger partial charge in [0.2, 0.25) is 0 Å². The van der Waals surface area contributed by atoms with Crippen LogP contribution in [0.2, 0.25) is 10.0 Å². The van der Waals surface area contributed by atoms with Gasteiger partial charge in [0.1, 0.15) is 6.33 Å². The summed E-state index contributed by atoms with van der Waals surface area (Å²) in [6, 6.07) is 4.74. The molecule has 3 aromatic rings. The topological polar surface area (TPSA) is 100 Å². The van der Waals surface area contributed by atoms with Crippen LogP contribution in [0.25, 0.3) is 0 Å². The first-order chi connectivity index (χ1) is 13.9. The zero-order valence-electron chi connectivity index (χ0n) is 15.2. The Morgan fingerprint density at radius 3 is 2.66 bits per heavy atom. The Bertz CT molecular complexity index is 1010. The number of nitrogens with one attached hydrogen (secondary N) is 2. The van der Waals surface area contributed by atoms with Crippen molar-refractivity contribution in [1.82, 2.24) is 25.2 Å². The molecule has 0 fully saturated rings. The second-order valence-corrected chi connectivity index (χ2v) is 7.66. The monoisotopic (exact) mass is 450 g/mol. The number of rotatable bonds is 6. The Labute approximate surface area is 180 Å². The van der Waals surface area contributed by atoms with Crippen LogP contribution in [0.5, 0.6) is 0 Å². The average Bonchev–Trinajstić information content (AvgIpc) is 3.15. The largest absolute Gasteiger partial charge is 0.336 e. The van der Waals surface area contributed by atoms with Gasteiger partial charge in [-0.2, -0.15) is 0 Å². The van der Waals surface area contributed by atoms with Crippen molar-refractivity contribution in [1.29, 1.82) is 0 Å². The van der Waals surface area contributed by atoms with E-state index >= 15 is 0 Å². The van der Waals surface area contributed by atoms with Crippen LogP contribution in [0.4, 0.5) is 9.93 Å². The summed E-state index contributed by atoms with van der Waals surface area (Å²) >= 11 is 13.1. The minimum Gasteiger partial charge on any atom is -0.336 e. The number of benzene rings is 1. The maximum Gasteiger partial charge on any atom is 0.321 e. The average molecular weight is 451 g/mol. The van der Waals surface area contributed by atoms with E-state index in [1.165, 1.54) is 35.0 Å². The first-order valence-electron chi connectivity index (χ1n) is 8.36. The smallest absolute Gasteiger partial charge is 0.321 e. The van der Waals surface area contributed by atoms with E-state index in [4.69, 9.17) is 23.2 Å². The van der Waals surface area contributed by atoms with Gasteiger partial charge in [-0.15, -0.1) is 11.3 Å². The summed E-state index contributed by atoms with van der Waals surface area (Å²) in [5, 5.41) is 8.48. The molecule has 2 heterocycles. The van der Waals surface area contributed by atoms with Gasteiger partial charge < -0.3 is 10.2 Å². The molecule has 29 heavy (non-hydrogen) atoms. The summed E-state index contributed by atoms with van der Waals surface area (Å²) in [4.78, 5) is 37.9. The molecule has 0 saturated heterocycles. The van der Waals surface area contributed by atoms with Crippen molar-refractivity contribution in [2.24, 2.45) is 0 Å². The lowest BCUT2D eigenvalue weighted by molar-refractivity contribution is 0.0782. The summed E-state index contributed by atoms with van der Waals surface area (Å²) in [6.45, 7) is 0.578. The number of halogens is 2. The number of urea groups is 1. The maximum absolute atomic E-state index is 12.3. The highest BCUT2D eigenvalue weighted by Gasteiger charge is 2.14. The van der Waals surface area contributed by atoms with E-state index in [-0.39, 0.29) is 19.0 Å². The zero-order valence-corrected chi connectivity index (χ0v) is 17.6. The Balaban J connectivity index is 1.51. The molecule has 0 aliphatic rings. The van der Waals surface area contributed by atoms with Crippen molar-refractivity contribution in [3.8, 4) is 0 Å². The molecule has 0 atom stereocenters. The fourth-order valence-corrected chi connectivity index (χ4v) is 3.37. The SMILES string of the molecule is CN(Cc1csc(NC(=O)NCc2ccc(Cl)c(Cl)c2)n1)C(=O)c1cncnc1. The molecule has 3 amide bonds. The van der Waals surface area contributed by atoms with Gasteiger partial charge in [-0.1, -0.05) is 29.3 Å². The van der Waals surface area contributed by atoms with Crippen molar-refractivity contribution in [2.45, 2.75) is 13.1 Å². The highest BCUT2D eigenvalue weighted by atomic mass is 35.5. The van der Waals surface area contributed by atoms with Gasteiger partial charge in [0, 0.05) is 31.4 Å². The highest BCUT2D eigenvalue weighted by Crippen LogP contribution is 2.22. The predicted octanol–water partition coefficient (Wildman–Crippen LogP) is 3.83. The summed E-state index contributed by atoms with van der Waals surface area (Å²) in [5.74, 6) is -0.215. The molecular weight excluding hydrogens is 435 g/mol. The Hall–Kier alpha value is -2.75. The van der Waals surface area contributed by atoms with Gasteiger partial charge in [-0.05, 0) is 17.7 Å². The van der Waals surface area contributed by atoms with Crippen LogP contribution in [0.1, 0.15) is 21.6 Å². The van der Waals surface area contributed by atoms with Crippen LogP contribution in [0.3, 0.4) is 0 Å². The standard InChI is InChI=1S/C18H16Cl2N6O2S/c1-26(16(27)12-6-21-10-22-7-12)8-13-9-29-18(24-13)25-17(28)23-5-11-2-3-14(19)15(20)4-11/h2-4,6-7,9-10H,5,8H2,1H3,(H2,23,24,25,28). The third-order valence-electron chi connectivity index (χ3n) is 3.76. The van der Waals surface area contributed by atoms with E-state index in [1.54, 1.807) is 30.6 Å². The number of thiazole rings is 1. The van der Waals surface area contributed by atoms with Crippen LogP contribution in [-0.2, 0) is 13.1 Å². The van der Waals surface area contributed by atoms with Gasteiger partial charge in [0.15, 0.2) is 5.13 Å². The number of aromatic nitrogens is 3. The van der Waals surface area contributed by atoms with Crippen molar-refractivity contribution in [3.63, 3.8) is 0 Å². The van der Waals surface area contributed by atoms with Gasteiger partial charge in [-0.25, -0.2) is 19.7 Å². The number of nitrogens with zero attached hydrogens (tertiary/aromatic N) is 4. The van der Waals surface area contributed by atoms with E-state index in [0.29, 0.717) is 26.4 Å². The molecule has 0 radical (unpaired) electrons. The molecule has 3 rings (SSSR count). The molecule has 0 bridgehead atoms. The first-order valence-corrected chi connectivity index (χ1v) is 9.99. The number of carbonyl (C=O) groups excluding carboxylic acids is 2. The lowest BCUT2D eigenvalue weighted by Gasteiger charge is -2.15. The second kappa shape index (κ2) is 9.64. The molecular formula is C18H16Cl2N6O2S.